The first-order chi connectivity index (χ1) is 3.00. The normalized spacial score (nSPS) is 25.3. The summed E-state index contributed by atoms with van der Waals surface area (Å²) in [6, 6.07) is 0. The molecule has 0 saturated carbocycles. The largest absolute Gasteiger partial charge is 0.0837 e. The van der Waals surface area contributed by atoms with Crippen LogP contribution in [-0.4, -0.2) is 6.16 Å². The smallest absolute Gasteiger partial charge is 0.0247 e. The maximum absolute atomic E-state index is 2.26. The van der Waals surface area contributed by atoms with Gasteiger partial charge < -0.3 is 0 Å². The quantitative estimate of drug-likeness (QED) is 0.408. The third-order valence-electron chi connectivity index (χ3n) is 0.869. The number of rotatable bonds is 0. The summed E-state index contributed by atoms with van der Waals surface area (Å²) in [6.07, 6.45) is 6.35. The molecular weight excluding hydrogens is 91.0 g/mol. The highest BCUT2D eigenvalue weighted by Gasteiger charge is 1.87. The van der Waals surface area contributed by atoms with Gasteiger partial charge >= 0.3 is 0 Å². The molecule has 1 aliphatic heterocycles. The molecule has 0 atom stereocenters. The van der Waals surface area contributed by atoms with Crippen LogP contribution in [-0.2, 0) is 0 Å². The summed E-state index contributed by atoms with van der Waals surface area (Å²) in [5.41, 5.74) is 0. The topological polar surface area (TPSA) is 0 Å². The highest BCUT2D eigenvalue weighted by atomic mass is 31.1. The first-order valence-electron chi connectivity index (χ1n) is 2.32. The highest BCUT2D eigenvalue weighted by Crippen LogP contribution is 2.19. The van der Waals surface area contributed by atoms with Gasteiger partial charge in [0, 0.05) is 0 Å². The molecule has 0 unspecified atom stereocenters. The average molecular weight is 99.1 g/mol. The van der Waals surface area contributed by atoms with Gasteiger partial charge in [-0.15, -0.1) is 0 Å². The van der Waals surface area contributed by atoms with Crippen molar-refractivity contribution in [2.75, 3.05) is 6.16 Å². The molecule has 0 aromatic carbocycles. The van der Waals surface area contributed by atoms with Gasteiger partial charge in [0.15, 0.2) is 0 Å². The van der Waals surface area contributed by atoms with Gasteiger partial charge in [-0.3, -0.25) is 0 Å². The third kappa shape index (κ3) is 1.10. The molecule has 6 heavy (non-hydrogen) atoms. The van der Waals surface area contributed by atoms with Crippen LogP contribution in [0.3, 0.4) is 0 Å². The van der Waals surface area contributed by atoms with Crippen LogP contribution in [0.4, 0.5) is 0 Å². The van der Waals surface area contributed by atoms with Crippen LogP contribution >= 0.6 is 8.58 Å². The van der Waals surface area contributed by atoms with Gasteiger partial charge in [-0.1, -0.05) is 20.5 Å². The fraction of sp³-hybridized carbons (Fsp3) is 0.600. The Morgan fingerprint density at radius 2 is 2.50 bits per heavy atom. The van der Waals surface area contributed by atoms with E-state index in [2.05, 4.69) is 11.9 Å². The summed E-state index contributed by atoms with van der Waals surface area (Å²) >= 11 is 0. The number of hydrogen-bond acceptors (Lipinski definition) is 0. The van der Waals surface area contributed by atoms with Gasteiger partial charge in [-0.2, -0.15) is 0 Å². The van der Waals surface area contributed by atoms with Gasteiger partial charge in [0.1, 0.15) is 0 Å². The average Bonchev–Trinajstić information content (AvgIpc) is 1.72. The molecule has 1 heterocycles. The second-order valence-corrected chi connectivity index (χ2v) is 2.54. The Bertz CT molecular complexity index is 49.0. The van der Waals surface area contributed by atoms with E-state index in [1.807, 2.05) is 0 Å². The highest BCUT2D eigenvalue weighted by molar-refractivity contribution is 7.41. The fourth-order valence-corrected chi connectivity index (χ4v) is 1.34. The summed E-state index contributed by atoms with van der Waals surface area (Å²) in [5.74, 6) is 2.24. The van der Waals surface area contributed by atoms with Crippen molar-refractivity contribution in [3.63, 3.8) is 0 Å². The summed E-state index contributed by atoms with van der Waals surface area (Å²) in [7, 11) is 1.52. The molecule has 1 rings (SSSR count). The van der Waals surface area contributed by atoms with E-state index in [4.69, 9.17) is 0 Å². The molecule has 0 spiro atoms. The molecule has 0 saturated heterocycles. The molecular formula is C5H8P. The molecule has 1 aliphatic rings. The Hall–Kier alpha value is 0.170. The van der Waals surface area contributed by atoms with Gasteiger partial charge in [-0.25, -0.2) is 0 Å². The Balaban J connectivity index is 2.26. The van der Waals surface area contributed by atoms with Crippen LogP contribution in [0.2, 0.25) is 0 Å². The standard InChI is InChI=1S/C5H8P/c1-2-4-6-5-3-1/h2,4H,1,3,5H2. The summed E-state index contributed by atoms with van der Waals surface area (Å²) < 4.78 is 0. The Labute approximate surface area is 40.4 Å². The lowest BCUT2D eigenvalue weighted by Gasteiger charge is -1.96. The first-order valence-corrected chi connectivity index (χ1v) is 3.46. The lowest BCUT2D eigenvalue weighted by molar-refractivity contribution is 0.962. The monoisotopic (exact) mass is 99.0 g/mol. The van der Waals surface area contributed by atoms with Crippen LogP contribution in [0.5, 0.6) is 0 Å². The van der Waals surface area contributed by atoms with Gasteiger partial charge in [0.25, 0.3) is 0 Å². The zero-order chi connectivity index (χ0) is 4.24. The first kappa shape index (κ1) is 4.33. The third-order valence-corrected chi connectivity index (χ3v) is 1.86. The molecule has 0 bridgehead atoms. The van der Waals surface area contributed by atoms with Crippen molar-refractivity contribution < 1.29 is 0 Å². The second-order valence-electron chi connectivity index (χ2n) is 1.43. The van der Waals surface area contributed by atoms with Crippen LogP contribution in [0.1, 0.15) is 12.8 Å². The maximum Gasteiger partial charge on any atom is -0.0247 e. The SMILES string of the molecule is C1=C[P]CCC1. The van der Waals surface area contributed by atoms with E-state index in [9.17, 15) is 0 Å². The van der Waals surface area contributed by atoms with Crippen LogP contribution in [0.15, 0.2) is 11.9 Å². The Kier molecular flexibility index (Phi) is 1.71. The van der Waals surface area contributed by atoms with Crippen molar-refractivity contribution in [1.29, 1.82) is 0 Å². The molecule has 0 fully saturated rings. The van der Waals surface area contributed by atoms with Crippen molar-refractivity contribution >= 4 is 8.58 Å². The molecule has 0 nitrogen and oxygen atoms in total. The second kappa shape index (κ2) is 2.36. The predicted octanol–water partition coefficient (Wildman–Crippen LogP) is 2.24. The maximum atomic E-state index is 2.26. The molecule has 0 aliphatic carbocycles. The predicted molar refractivity (Wildman–Crippen MR) is 30.2 cm³/mol. The summed E-state index contributed by atoms with van der Waals surface area (Å²) in [4.78, 5) is 0. The van der Waals surface area contributed by atoms with Crippen molar-refractivity contribution in [2.45, 2.75) is 12.8 Å². The van der Waals surface area contributed by atoms with E-state index in [1.165, 1.54) is 27.6 Å². The zero-order valence-corrected chi connectivity index (χ0v) is 4.62. The molecule has 0 aromatic rings. The Morgan fingerprint density at radius 3 is 2.67 bits per heavy atom. The van der Waals surface area contributed by atoms with E-state index in [-0.39, 0.29) is 0 Å². The van der Waals surface area contributed by atoms with E-state index in [0.717, 1.165) is 0 Å². The minimum absolute atomic E-state index is 1.31. The summed E-state index contributed by atoms with van der Waals surface area (Å²) in [6.45, 7) is 0. The van der Waals surface area contributed by atoms with Crippen LogP contribution in [0.25, 0.3) is 0 Å². The number of hydrogen-bond donors (Lipinski definition) is 0. The van der Waals surface area contributed by atoms with Gasteiger partial charge in [0.2, 0.25) is 0 Å². The van der Waals surface area contributed by atoms with Gasteiger partial charge in [0.05, 0.1) is 0 Å². The van der Waals surface area contributed by atoms with E-state index in [0.29, 0.717) is 0 Å². The van der Waals surface area contributed by atoms with E-state index in [1.54, 1.807) is 0 Å². The minimum Gasteiger partial charge on any atom is -0.0837 e. The molecule has 1 heteroatoms. The zero-order valence-electron chi connectivity index (χ0n) is 3.72. The minimum atomic E-state index is 1.31. The van der Waals surface area contributed by atoms with Gasteiger partial charge in [-0.05, 0) is 19.0 Å². The van der Waals surface area contributed by atoms with Crippen molar-refractivity contribution in [1.82, 2.24) is 0 Å². The molecule has 0 aromatic heterocycles. The molecule has 33 valence electrons. The molecule has 0 amide bonds. The molecule has 0 N–H and O–H groups in total. The summed E-state index contributed by atoms with van der Waals surface area (Å²) in [5, 5.41) is 0. The van der Waals surface area contributed by atoms with Crippen LogP contribution < -0.4 is 0 Å². The fourth-order valence-electron chi connectivity index (χ4n) is 0.524. The Morgan fingerprint density at radius 1 is 1.50 bits per heavy atom. The van der Waals surface area contributed by atoms with E-state index < -0.39 is 0 Å². The lowest BCUT2D eigenvalue weighted by Crippen LogP contribution is -1.76. The lowest BCUT2D eigenvalue weighted by atomic mass is 10.3. The van der Waals surface area contributed by atoms with Crippen LogP contribution in [0, 0.1) is 0 Å². The van der Waals surface area contributed by atoms with E-state index >= 15 is 0 Å². The number of allylic oxidation sites excluding steroid dienone is 1. The molecule has 1 radical (unpaired) electrons. The van der Waals surface area contributed by atoms with Crippen molar-refractivity contribution in [3.8, 4) is 0 Å². The van der Waals surface area contributed by atoms with Crippen molar-refractivity contribution in [3.05, 3.63) is 11.9 Å². The van der Waals surface area contributed by atoms with Crippen molar-refractivity contribution in [2.24, 2.45) is 0 Å².